The molecule has 0 amide bonds. The lowest BCUT2D eigenvalue weighted by Gasteiger charge is -2.26. The van der Waals surface area contributed by atoms with Crippen molar-refractivity contribution < 1.29 is 12.8 Å². The van der Waals surface area contributed by atoms with Crippen LogP contribution in [0.25, 0.3) is 11.0 Å². The lowest BCUT2D eigenvalue weighted by Crippen LogP contribution is -2.37. The summed E-state index contributed by atoms with van der Waals surface area (Å²) in [6.45, 7) is 2.01. The topological polar surface area (TPSA) is 73.3 Å². The third-order valence-corrected chi connectivity index (χ3v) is 6.36. The number of aryl methyl sites for hydroxylation is 1. The van der Waals surface area contributed by atoms with Crippen LogP contribution in [0, 0.1) is 6.92 Å². The first-order chi connectivity index (χ1) is 9.47. The largest absolute Gasteiger partial charge is 0.459 e. The van der Waals surface area contributed by atoms with E-state index in [0.29, 0.717) is 12.2 Å². The normalized spacial score (nSPS) is 23.8. The molecule has 0 spiro atoms. The van der Waals surface area contributed by atoms with Gasteiger partial charge in [0.2, 0.25) is 0 Å². The van der Waals surface area contributed by atoms with Crippen LogP contribution in [0.4, 0.5) is 0 Å². The fourth-order valence-corrected chi connectivity index (χ4v) is 4.93. The average molecular weight is 293 g/mol. The summed E-state index contributed by atoms with van der Waals surface area (Å²) in [6.07, 6.45) is 2.28. The highest BCUT2D eigenvalue weighted by Gasteiger charge is 2.35. The van der Waals surface area contributed by atoms with E-state index in [-0.39, 0.29) is 5.75 Å². The monoisotopic (exact) mass is 293 g/mol. The second kappa shape index (κ2) is 4.90. The summed E-state index contributed by atoms with van der Waals surface area (Å²) in [5.41, 5.74) is 8.08. The van der Waals surface area contributed by atoms with Crippen molar-refractivity contribution in [3.05, 3.63) is 35.6 Å². The Hall–Kier alpha value is -1.33. The van der Waals surface area contributed by atoms with Crippen LogP contribution in [0.2, 0.25) is 0 Å². The highest BCUT2D eigenvalue weighted by Crippen LogP contribution is 2.32. The van der Waals surface area contributed by atoms with Gasteiger partial charge in [-0.2, -0.15) is 0 Å². The van der Waals surface area contributed by atoms with Gasteiger partial charge in [0.25, 0.3) is 0 Å². The van der Waals surface area contributed by atoms with Gasteiger partial charge >= 0.3 is 0 Å². The Kier molecular flexibility index (Phi) is 3.34. The van der Waals surface area contributed by atoms with E-state index in [1.165, 1.54) is 0 Å². The van der Waals surface area contributed by atoms with Crippen molar-refractivity contribution >= 4 is 20.8 Å². The molecule has 1 aromatic carbocycles. The molecule has 108 valence electrons. The van der Waals surface area contributed by atoms with E-state index in [4.69, 9.17) is 10.2 Å². The summed E-state index contributed by atoms with van der Waals surface area (Å²) < 4.78 is 30.0. The van der Waals surface area contributed by atoms with Crippen molar-refractivity contribution in [2.24, 2.45) is 5.73 Å². The number of hydrogen-bond donors (Lipinski definition) is 1. The van der Waals surface area contributed by atoms with Crippen LogP contribution in [0.5, 0.6) is 0 Å². The molecule has 2 heterocycles. The van der Waals surface area contributed by atoms with Gasteiger partial charge in [-0.25, -0.2) is 8.42 Å². The molecule has 2 unspecified atom stereocenters. The Balaban J connectivity index is 1.97. The van der Waals surface area contributed by atoms with Crippen LogP contribution in [0.1, 0.15) is 36.6 Å². The second-order valence-corrected chi connectivity index (χ2v) is 7.96. The zero-order valence-electron chi connectivity index (χ0n) is 11.5. The highest BCUT2D eigenvalue weighted by molar-refractivity contribution is 7.92. The van der Waals surface area contributed by atoms with Gasteiger partial charge in [0, 0.05) is 5.39 Å². The van der Waals surface area contributed by atoms with Gasteiger partial charge in [-0.1, -0.05) is 18.1 Å². The van der Waals surface area contributed by atoms with E-state index in [9.17, 15) is 8.42 Å². The predicted molar refractivity (Wildman–Crippen MR) is 79.3 cm³/mol. The van der Waals surface area contributed by atoms with Crippen molar-refractivity contribution in [1.82, 2.24) is 0 Å². The number of benzene rings is 1. The fraction of sp³-hybridized carbons (Fsp3) is 0.467. The molecule has 1 aromatic heterocycles. The lowest BCUT2D eigenvalue weighted by molar-refractivity contribution is 0.444. The maximum absolute atomic E-state index is 12.1. The first-order valence-corrected chi connectivity index (χ1v) is 8.66. The van der Waals surface area contributed by atoms with Crippen LogP contribution < -0.4 is 5.73 Å². The maximum atomic E-state index is 12.1. The first-order valence-electron chi connectivity index (χ1n) is 6.94. The number of fused-ring (bicyclic) bond motifs is 1. The maximum Gasteiger partial charge on any atom is 0.155 e. The summed E-state index contributed by atoms with van der Waals surface area (Å²) in [7, 11) is -3.10. The Morgan fingerprint density at radius 3 is 2.85 bits per heavy atom. The quantitative estimate of drug-likeness (QED) is 0.924. The second-order valence-electron chi connectivity index (χ2n) is 5.62. The summed E-state index contributed by atoms with van der Waals surface area (Å²) in [5.74, 6) is 0.811. The minimum atomic E-state index is -3.10. The molecule has 2 atom stereocenters. The molecular formula is C15H19NO3S. The summed E-state index contributed by atoms with van der Waals surface area (Å²) in [4.78, 5) is 0. The Labute approximate surface area is 118 Å². The van der Waals surface area contributed by atoms with E-state index in [0.717, 1.165) is 29.4 Å². The molecule has 0 bridgehead atoms. The minimum Gasteiger partial charge on any atom is -0.459 e. The minimum absolute atomic E-state index is 0.241. The SMILES string of the molecule is Cc1ccc2oc(C(N)C3CCCCS3(=O)=O)cc2c1. The Morgan fingerprint density at radius 2 is 2.10 bits per heavy atom. The van der Waals surface area contributed by atoms with Crippen molar-refractivity contribution in [2.45, 2.75) is 37.5 Å². The molecule has 20 heavy (non-hydrogen) atoms. The third-order valence-electron chi connectivity index (χ3n) is 4.05. The molecule has 1 saturated heterocycles. The van der Waals surface area contributed by atoms with Crippen molar-refractivity contribution in [1.29, 1.82) is 0 Å². The van der Waals surface area contributed by atoms with Crippen molar-refractivity contribution in [2.75, 3.05) is 5.75 Å². The Bertz CT molecular complexity index is 733. The van der Waals surface area contributed by atoms with Crippen LogP contribution in [0.3, 0.4) is 0 Å². The van der Waals surface area contributed by atoms with E-state index in [1.807, 2.05) is 31.2 Å². The molecule has 4 nitrogen and oxygen atoms in total. The highest BCUT2D eigenvalue weighted by atomic mass is 32.2. The molecule has 0 radical (unpaired) electrons. The third kappa shape index (κ3) is 2.36. The zero-order chi connectivity index (χ0) is 14.3. The van der Waals surface area contributed by atoms with Gasteiger partial charge in [-0.15, -0.1) is 0 Å². The van der Waals surface area contributed by atoms with Gasteiger partial charge in [-0.3, -0.25) is 0 Å². The van der Waals surface area contributed by atoms with E-state index >= 15 is 0 Å². The van der Waals surface area contributed by atoms with Gasteiger partial charge in [-0.05, 0) is 38.0 Å². The number of sulfone groups is 1. The van der Waals surface area contributed by atoms with Gasteiger partial charge in [0.05, 0.1) is 17.0 Å². The summed E-state index contributed by atoms with van der Waals surface area (Å²) in [6, 6.07) is 7.18. The van der Waals surface area contributed by atoms with Crippen LogP contribution >= 0.6 is 0 Å². The lowest BCUT2D eigenvalue weighted by atomic mass is 10.1. The van der Waals surface area contributed by atoms with Gasteiger partial charge in [0.1, 0.15) is 11.3 Å². The van der Waals surface area contributed by atoms with E-state index in [1.54, 1.807) is 0 Å². The van der Waals surface area contributed by atoms with Crippen molar-refractivity contribution in [3.63, 3.8) is 0 Å². The molecule has 5 heteroatoms. The van der Waals surface area contributed by atoms with Gasteiger partial charge in [0.15, 0.2) is 9.84 Å². The molecule has 1 aliphatic heterocycles. The number of furan rings is 1. The van der Waals surface area contributed by atoms with Crippen LogP contribution in [0.15, 0.2) is 28.7 Å². The fourth-order valence-electron chi connectivity index (χ4n) is 2.91. The molecule has 3 rings (SSSR count). The average Bonchev–Trinajstić information content (AvgIpc) is 2.80. The molecule has 0 saturated carbocycles. The molecule has 1 aliphatic rings. The molecule has 1 fully saturated rings. The molecule has 2 N–H and O–H groups in total. The van der Waals surface area contributed by atoms with Crippen molar-refractivity contribution in [3.8, 4) is 0 Å². The number of nitrogens with two attached hydrogens (primary N) is 1. The van der Waals surface area contributed by atoms with E-state index < -0.39 is 21.1 Å². The molecular weight excluding hydrogens is 274 g/mol. The van der Waals surface area contributed by atoms with Gasteiger partial charge < -0.3 is 10.2 Å². The standard InChI is InChI=1S/C15H19NO3S/c1-10-5-6-12-11(8-10)9-13(19-12)15(16)14-4-2-3-7-20(14,17)18/h5-6,8-9,14-15H,2-4,7,16H2,1H3. The van der Waals surface area contributed by atoms with E-state index in [2.05, 4.69) is 0 Å². The number of rotatable bonds is 2. The smallest absolute Gasteiger partial charge is 0.155 e. The zero-order valence-corrected chi connectivity index (χ0v) is 12.3. The van der Waals surface area contributed by atoms with Crippen LogP contribution in [-0.2, 0) is 9.84 Å². The van der Waals surface area contributed by atoms with Crippen LogP contribution in [-0.4, -0.2) is 19.4 Å². The first kappa shape index (κ1) is 13.6. The number of hydrogen-bond acceptors (Lipinski definition) is 4. The summed E-state index contributed by atoms with van der Waals surface area (Å²) >= 11 is 0. The predicted octanol–water partition coefficient (Wildman–Crippen LogP) is 2.71. The summed E-state index contributed by atoms with van der Waals surface area (Å²) in [5, 5.41) is 0.460. The molecule has 2 aromatic rings. The Morgan fingerprint density at radius 1 is 1.30 bits per heavy atom. The molecule has 0 aliphatic carbocycles.